The number of hydrogen-bond donors (Lipinski definition) is 1. The number of piperidine rings is 1. The zero-order valence-corrected chi connectivity index (χ0v) is 17.3. The average Bonchev–Trinajstić information content (AvgIpc) is 3.42. The van der Waals surface area contributed by atoms with E-state index in [9.17, 15) is 19.5 Å². The summed E-state index contributed by atoms with van der Waals surface area (Å²) >= 11 is 1.38. The fourth-order valence-corrected chi connectivity index (χ4v) is 4.76. The molecule has 0 saturated carbocycles. The Balaban J connectivity index is 1.58. The molecule has 1 atom stereocenters. The molecule has 1 spiro atoms. The molecule has 0 radical (unpaired) electrons. The van der Waals surface area contributed by atoms with E-state index in [0.717, 1.165) is 0 Å². The Morgan fingerprint density at radius 2 is 1.93 bits per heavy atom. The Hall–Kier alpha value is -2.91. The lowest BCUT2D eigenvalue weighted by Gasteiger charge is -2.44. The van der Waals surface area contributed by atoms with Gasteiger partial charge in [0.15, 0.2) is 6.04 Å². The predicted octanol–water partition coefficient (Wildman–Crippen LogP) is 2.31. The molecule has 1 aromatic heterocycles. The predicted molar refractivity (Wildman–Crippen MR) is 109 cm³/mol. The number of amides is 2. The van der Waals surface area contributed by atoms with Crippen molar-refractivity contribution in [2.24, 2.45) is 0 Å². The van der Waals surface area contributed by atoms with Gasteiger partial charge < -0.3 is 19.5 Å². The minimum absolute atomic E-state index is 0.0571. The third-order valence-corrected chi connectivity index (χ3v) is 6.50. The van der Waals surface area contributed by atoms with Crippen LogP contribution in [0.5, 0.6) is 5.75 Å². The van der Waals surface area contributed by atoms with Crippen molar-refractivity contribution in [2.75, 3.05) is 26.8 Å². The SMILES string of the molecule is COc1cccc(C(=O)N2C(C(=O)O)COC23CCN(C(=O)c2cccs2)CC3)c1. The summed E-state index contributed by atoms with van der Waals surface area (Å²) in [5, 5.41) is 11.5. The van der Waals surface area contributed by atoms with E-state index >= 15 is 0 Å². The van der Waals surface area contributed by atoms with E-state index in [1.807, 2.05) is 11.4 Å². The zero-order chi connectivity index (χ0) is 21.3. The minimum atomic E-state index is -1.11. The molecule has 3 heterocycles. The topological polar surface area (TPSA) is 96.4 Å². The smallest absolute Gasteiger partial charge is 0.328 e. The Labute approximate surface area is 177 Å². The van der Waals surface area contributed by atoms with Crippen LogP contribution < -0.4 is 4.74 Å². The fourth-order valence-electron chi connectivity index (χ4n) is 4.07. The molecule has 9 heteroatoms. The molecule has 1 aromatic carbocycles. The molecule has 2 fully saturated rings. The number of methoxy groups -OCH3 is 1. The first-order valence-electron chi connectivity index (χ1n) is 9.62. The molecule has 1 N–H and O–H groups in total. The van der Waals surface area contributed by atoms with Gasteiger partial charge in [-0.1, -0.05) is 12.1 Å². The van der Waals surface area contributed by atoms with E-state index in [2.05, 4.69) is 0 Å². The van der Waals surface area contributed by atoms with Crippen molar-refractivity contribution in [1.82, 2.24) is 9.80 Å². The Bertz CT molecular complexity index is 952. The lowest BCUT2D eigenvalue weighted by molar-refractivity contribution is -0.143. The molecule has 2 aliphatic rings. The van der Waals surface area contributed by atoms with Crippen molar-refractivity contribution in [3.8, 4) is 5.75 Å². The van der Waals surface area contributed by atoms with E-state index in [4.69, 9.17) is 9.47 Å². The van der Waals surface area contributed by atoms with E-state index in [-0.39, 0.29) is 12.5 Å². The van der Waals surface area contributed by atoms with Crippen LogP contribution in [0.2, 0.25) is 0 Å². The van der Waals surface area contributed by atoms with Crippen molar-refractivity contribution >= 4 is 29.1 Å². The van der Waals surface area contributed by atoms with Crippen LogP contribution in [0.25, 0.3) is 0 Å². The highest BCUT2D eigenvalue weighted by Crippen LogP contribution is 2.39. The molecule has 4 rings (SSSR count). The standard InChI is InChI=1S/C21H22N2O6S/c1-28-15-5-2-4-14(12-15)18(24)23-16(20(26)27)13-29-21(23)7-9-22(10-8-21)19(25)17-6-3-11-30-17/h2-6,11-12,16H,7-10,13H2,1H3,(H,26,27). The Kier molecular flexibility index (Phi) is 5.48. The second-order valence-corrected chi connectivity index (χ2v) is 8.24. The van der Waals surface area contributed by atoms with Gasteiger partial charge in [0, 0.05) is 31.5 Å². The summed E-state index contributed by atoms with van der Waals surface area (Å²) in [7, 11) is 1.50. The van der Waals surface area contributed by atoms with Crippen molar-refractivity contribution in [3.63, 3.8) is 0 Å². The maximum absolute atomic E-state index is 13.4. The second-order valence-electron chi connectivity index (χ2n) is 7.29. The van der Waals surface area contributed by atoms with Crippen LogP contribution in [-0.4, -0.2) is 71.3 Å². The highest BCUT2D eigenvalue weighted by molar-refractivity contribution is 7.12. The van der Waals surface area contributed by atoms with Crippen LogP contribution >= 0.6 is 11.3 Å². The fraction of sp³-hybridized carbons (Fsp3) is 0.381. The monoisotopic (exact) mass is 430 g/mol. The number of benzene rings is 1. The number of likely N-dealkylation sites (tertiary alicyclic amines) is 1. The van der Waals surface area contributed by atoms with Gasteiger partial charge in [0.2, 0.25) is 0 Å². The van der Waals surface area contributed by atoms with Crippen LogP contribution in [0.1, 0.15) is 32.9 Å². The van der Waals surface area contributed by atoms with Crippen molar-refractivity contribution < 1.29 is 29.0 Å². The van der Waals surface area contributed by atoms with E-state index in [1.54, 1.807) is 35.2 Å². The van der Waals surface area contributed by atoms with Gasteiger partial charge >= 0.3 is 5.97 Å². The van der Waals surface area contributed by atoms with Crippen LogP contribution in [0.15, 0.2) is 41.8 Å². The quantitative estimate of drug-likeness (QED) is 0.800. The Morgan fingerprint density at radius 3 is 2.57 bits per heavy atom. The molecule has 8 nitrogen and oxygen atoms in total. The highest BCUT2D eigenvalue weighted by atomic mass is 32.1. The number of carbonyl (C=O) groups excluding carboxylic acids is 2. The molecule has 1 unspecified atom stereocenters. The van der Waals surface area contributed by atoms with Gasteiger partial charge in [0.05, 0.1) is 18.6 Å². The summed E-state index contributed by atoms with van der Waals surface area (Å²) < 4.78 is 11.1. The molecule has 2 aromatic rings. The maximum Gasteiger partial charge on any atom is 0.328 e. The largest absolute Gasteiger partial charge is 0.497 e. The summed E-state index contributed by atoms with van der Waals surface area (Å²) in [4.78, 5) is 41.6. The van der Waals surface area contributed by atoms with Gasteiger partial charge in [-0.15, -0.1) is 11.3 Å². The van der Waals surface area contributed by atoms with Crippen molar-refractivity contribution in [3.05, 3.63) is 52.2 Å². The van der Waals surface area contributed by atoms with Gasteiger partial charge in [0.1, 0.15) is 11.5 Å². The molecule has 0 aliphatic carbocycles. The van der Waals surface area contributed by atoms with Gasteiger partial charge in [-0.05, 0) is 29.6 Å². The Morgan fingerprint density at radius 1 is 1.17 bits per heavy atom. The average molecular weight is 430 g/mol. The molecule has 2 saturated heterocycles. The zero-order valence-electron chi connectivity index (χ0n) is 16.4. The summed E-state index contributed by atoms with van der Waals surface area (Å²) in [5.74, 6) is -1.08. The van der Waals surface area contributed by atoms with Crippen LogP contribution in [0.3, 0.4) is 0 Å². The first-order valence-corrected chi connectivity index (χ1v) is 10.5. The van der Waals surface area contributed by atoms with Crippen LogP contribution in [0.4, 0.5) is 0 Å². The summed E-state index contributed by atoms with van der Waals surface area (Å²) in [6.07, 6.45) is 0.702. The minimum Gasteiger partial charge on any atom is -0.497 e. The number of nitrogens with zero attached hydrogens (tertiary/aromatic N) is 2. The third kappa shape index (κ3) is 3.54. The number of rotatable bonds is 4. The number of aliphatic carboxylic acids is 1. The summed E-state index contributed by atoms with van der Waals surface area (Å²) in [5.41, 5.74) is -0.710. The van der Waals surface area contributed by atoms with Gasteiger partial charge in [-0.2, -0.15) is 0 Å². The lowest BCUT2D eigenvalue weighted by Crippen LogP contribution is -2.58. The van der Waals surface area contributed by atoms with Crippen LogP contribution in [-0.2, 0) is 9.53 Å². The normalized spacial score (nSPS) is 20.4. The first kappa shape index (κ1) is 20.4. The number of carboxylic acid groups (broad SMARTS) is 1. The molecule has 30 heavy (non-hydrogen) atoms. The van der Waals surface area contributed by atoms with Crippen LogP contribution in [0, 0.1) is 0 Å². The lowest BCUT2D eigenvalue weighted by atomic mass is 9.96. The van der Waals surface area contributed by atoms with Gasteiger partial charge in [0.25, 0.3) is 11.8 Å². The van der Waals surface area contributed by atoms with Crippen molar-refractivity contribution in [2.45, 2.75) is 24.6 Å². The summed E-state index contributed by atoms with van der Waals surface area (Å²) in [6.45, 7) is 0.680. The number of thiophene rings is 1. The first-order chi connectivity index (χ1) is 14.4. The summed E-state index contributed by atoms with van der Waals surface area (Å²) in [6, 6.07) is 9.15. The molecular formula is C21H22N2O6S. The number of carbonyl (C=O) groups is 3. The van der Waals surface area contributed by atoms with E-state index in [1.165, 1.54) is 23.3 Å². The van der Waals surface area contributed by atoms with Gasteiger partial charge in [-0.3, -0.25) is 14.5 Å². The van der Waals surface area contributed by atoms with E-state index in [0.29, 0.717) is 42.1 Å². The molecule has 2 aliphatic heterocycles. The molecule has 0 bridgehead atoms. The third-order valence-electron chi connectivity index (χ3n) is 5.65. The molecule has 2 amide bonds. The van der Waals surface area contributed by atoms with Gasteiger partial charge in [-0.25, -0.2) is 4.79 Å². The van der Waals surface area contributed by atoms with E-state index < -0.39 is 23.6 Å². The highest BCUT2D eigenvalue weighted by Gasteiger charge is 2.54. The van der Waals surface area contributed by atoms with Crippen molar-refractivity contribution in [1.29, 1.82) is 0 Å². The number of carboxylic acids is 1. The number of ether oxygens (including phenoxy) is 2. The number of hydrogen-bond acceptors (Lipinski definition) is 6. The maximum atomic E-state index is 13.4. The second kappa shape index (κ2) is 8.08. The molecular weight excluding hydrogens is 408 g/mol. The molecule has 158 valence electrons.